The summed E-state index contributed by atoms with van der Waals surface area (Å²) in [6.45, 7) is 4.19. The van der Waals surface area contributed by atoms with Crippen molar-refractivity contribution in [2.75, 3.05) is 0 Å². The molecule has 0 amide bonds. The van der Waals surface area contributed by atoms with Crippen LogP contribution in [0.2, 0.25) is 5.02 Å². The molecule has 0 fully saturated rings. The Balaban J connectivity index is 2.16. The molecule has 0 saturated carbocycles. The van der Waals surface area contributed by atoms with Crippen molar-refractivity contribution in [2.24, 2.45) is 0 Å². The zero-order valence-electron chi connectivity index (χ0n) is 10.9. The van der Waals surface area contributed by atoms with Gasteiger partial charge in [0.25, 0.3) is 0 Å². The van der Waals surface area contributed by atoms with Crippen LogP contribution in [0.25, 0.3) is 0 Å². The van der Waals surface area contributed by atoms with Crippen LogP contribution >= 0.6 is 11.6 Å². The van der Waals surface area contributed by atoms with E-state index in [1.165, 1.54) is 5.56 Å². The maximum atomic E-state index is 8.99. The molecule has 0 aliphatic carbocycles. The highest BCUT2D eigenvalue weighted by molar-refractivity contribution is 6.31. The van der Waals surface area contributed by atoms with Gasteiger partial charge in [0.15, 0.2) is 0 Å². The summed E-state index contributed by atoms with van der Waals surface area (Å²) in [7, 11) is 0. The molecule has 0 aliphatic rings. The third-order valence-corrected chi connectivity index (χ3v) is 3.08. The van der Waals surface area contributed by atoms with Crippen molar-refractivity contribution in [1.29, 1.82) is 0 Å². The number of halogens is 1. The van der Waals surface area contributed by atoms with Crippen LogP contribution in [0, 0.1) is 0 Å². The van der Waals surface area contributed by atoms with Crippen molar-refractivity contribution in [1.82, 2.24) is 4.98 Å². The lowest BCUT2D eigenvalue weighted by molar-refractivity contribution is 0.281. The highest BCUT2D eigenvalue weighted by Crippen LogP contribution is 2.28. The predicted molar refractivity (Wildman–Crippen MR) is 75.8 cm³/mol. The number of benzene rings is 1. The first-order valence-electron chi connectivity index (χ1n) is 6.13. The molecule has 4 heteroatoms. The number of rotatable bonds is 4. The molecule has 0 atom stereocenters. The lowest BCUT2D eigenvalue weighted by atomic mass is 10.0. The van der Waals surface area contributed by atoms with Crippen molar-refractivity contribution in [3.8, 4) is 11.6 Å². The fraction of sp³-hybridized carbons (Fsp3) is 0.267. The van der Waals surface area contributed by atoms with E-state index < -0.39 is 0 Å². The zero-order valence-corrected chi connectivity index (χ0v) is 11.7. The van der Waals surface area contributed by atoms with Crippen LogP contribution < -0.4 is 4.74 Å². The summed E-state index contributed by atoms with van der Waals surface area (Å²) in [6, 6.07) is 9.49. The fourth-order valence-corrected chi connectivity index (χ4v) is 1.89. The van der Waals surface area contributed by atoms with Gasteiger partial charge in [0.1, 0.15) is 10.8 Å². The van der Waals surface area contributed by atoms with E-state index in [4.69, 9.17) is 21.4 Å². The van der Waals surface area contributed by atoms with Gasteiger partial charge in [0.05, 0.1) is 6.61 Å². The molecule has 19 heavy (non-hydrogen) atoms. The molecule has 100 valence electrons. The van der Waals surface area contributed by atoms with E-state index in [2.05, 4.69) is 18.8 Å². The monoisotopic (exact) mass is 277 g/mol. The first-order valence-corrected chi connectivity index (χ1v) is 6.51. The first kappa shape index (κ1) is 13.8. The summed E-state index contributed by atoms with van der Waals surface area (Å²) < 4.78 is 5.62. The van der Waals surface area contributed by atoms with E-state index in [1.54, 1.807) is 12.3 Å². The lowest BCUT2D eigenvalue weighted by Gasteiger charge is -2.09. The molecular formula is C15H16ClNO2. The van der Waals surface area contributed by atoms with E-state index >= 15 is 0 Å². The number of nitrogens with zero attached hydrogens (tertiary/aromatic N) is 1. The van der Waals surface area contributed by atoms with Crippen molar-refractivity contribution in [3.05, 3.63) is 52.7 Å². The topological polar surface area (TPSA) is 42.4 Å². The Kier molecular flexibility index (Phi) is 4.40. The van der Waals surface area contributed by atoms with Crippen molar-refractivity contribution < 1.29 is 9.84 Å². The van der Waals surface area contributed by atoms with E-state index in [1.807, 2.05) is 24.3 Å². The second-order valence-corrected chi connectivity index (χ2v) is 5.02. The Morgan fingerprint density at radius 3 is 2.47 bits per heavy atom. The van der Waals surface area contributed by atoms with Gasteiger partial charge in [-0.15, -0.1) is 0 Å². The number of aliphatic hydroxyl groups is 1. The maximum Gasteiger partial charge on any atom is 0.238 e. The highest BCUT2D eigenvalue weighted by atomic mass is 35.5. The summed E-state index contributed by atoms with van der Waals surface area (Å²) in [4.78, 5) is 4.09. The molecule has 1 heterocycles. The average Bonchev–Trinajstić information content (AvgIpc) is 2.41. The fourth-order valence-electron chi connectivity index (χ4n) is 1.66. The quantitative estimate of drug-likeness (QED) is 0.913. The van der Waals surface area contributed by atoms with Crippen LogP contribution in [0.5, 0.6) is 11.6 Å². The number of pyridine rings is 1. The van der Waals surface area contributed by atoms with Gasteiger partial charge < -0.3 is 9.84 Å². The van der Waals surface area contributed by atoms with Gasteiger partial charge in [-0.1, -0.05) is 37.6 Å². The lowest BCUT2D eigenvalue weighted by Crippen LogP contribution is -1.93. The van der Waals surface area contributed by atoms with E-state index in [9.17, 15) is 0 Å². The Bertz CT molecular complexity index is 553. The minimum absolute atomic E-state index is 0.0872. The Morgan fingerprint density at radius 2 is 1.95 bits per heavy atom. The second kappa shape index (κ2) is 6.04. The average molecular weight is 278 g/mol. The van der Waals surface area contributed by atoms with Crippen LogP contribution in [-0.2, 0) is 6.61 Å². The SMILES string of the molecule is CC(C)c1ccc(Oc2ncc(CO)cc2Cl)cc1. The molecule has 1 aromatic heterocycles. The molecule has 1 aromatic carbocycles. The molecule has 0 spiro atoms. The normalized spacial score (nSPS) is 10.8. The zero-order chi connectivity index (χ0) is 13.8. The Hall–Kier alpha value is -1.58. The minimum atomic E-state index is -0.0872. The number of hydrogen-bond donors (Lipinski definition) is 1. The smallest absolute Gasteiger partial charge is 0.238 e. The molecule has 3 nitrogen and oxygen atoms in total. The van der Waals surface area contributed by atoms with Gasteiger partial charge in [0.2, 0.25) is 5.88 Å². The van der Waals surface area contributed by atoms with E-state index in [-0.39, 0.29) is 6.61 Å². The minimum Gasteiger partial charge on any atom is -0.438 e. The molecule has 2 rings (SSSR count). The van der Waals surface area contributed by atoms with Crippen LogP contribution in [0.3, 0.4) is 0 Å². The van der Waals surface area contributed by atoms with Gasteiger partial charge in [-0.2, -0.15) is 0 Å². The number of aliphatic hydroxyl groups excluding tert-OH is 1. The number of aromatic nitrogens is 1. The van der Waals surface area contributed by atoms with Gasteiger partial charge in [-0.3, -0.25) is 0 Å². The first-order chi connectivity index (χ1) is 9.10. The number of ether oxygens (including phenoxy) is 1. The van der Waals surface area contributed by atoms with Crippen molar-refractivity contribution in [2.45, 2.75) is 26.4 Å². The summed E-state index contributed by atoms with van der Waals surface area (Å²) in [5.74, 6) is 1.52. The van der Waals surface area contributed by atoms with Crippen molar-refractivity contribution in [3.63, 3.8) is 0 Å². The molecule has 0 unspecified atom stereocenters. The van der Waals surface area contributed by atoms with Crippen LogP contribution in [-0.4, -0.2) is 10.1 Å². The third-order valence-electron chi connectivity index (χ3n) is 2.81. The molecule has 1 N–H and O–H groups in total. The summed E-state index contributed by atoms with van der Waals surface area (Å²) in [5.41, 5.74) is 1.91. The Labute approximate surface area is 117 Å². The van der Waals surface area contributed by atoms with Gasteiger partial charge in [-0.05, 0) is 35.2 Å². The number of hydrogen-bond acceptors (Lipinski definition) is 3. The van der Waals surface area contributed by atoms with E-state index in [0.29, 0.717) is 28.1 Å². The largest absolute Gasteiger partial charge is 0.438 e. The van der Waals surface area contributed by atoms with Crippen LogP contribution in [0.4, 0.5) is 0 Å². The van der Waals surface area contributed by atoms with Crippen molar-refractivity contribution >= 4 is 11.6 Å². The maximum absolute atomic E-state index is 8.99. The predicted octanol–water partition coefficient (Wildman–Crippen LogP) is 4.14. The van der Waals surface area contributed by atoms with Crippen LogP contribution in [0.1, 0.15) is 30.9 Å². The van der Waals surface area contributed by atoms with E-state index in [0.717, 1.165) is 0 Å². The summed E-state index contributed by atoms with van der Waals surface area (Å²) >= 11 is 6.04. The van der Waals surface area contributed by atoms with Gasteiger partial charge in [0, 0.05) is 6.20 Å². The molecule has 0 radical (unpaired) electrons. The highest BCUT2D eigenvalue weighted by Gasteiger charge is 2.06. The van der Waals surface area contributed by atoms with Gasteiger partial charge >= 0.3 is 0 Å². The molecule has 0 aliphatic heterocycles. The third kappa shape index (κ3) is 3.46. The Morgan fingerprint density at radius 1 is 1.26 bits per heavy atom. The second-order valence-electron chi connectivity index (χ2n) is 4.61. The standard InChI is InChI=1S/C15H16ClNO2/c1-10(2)12-3-5-13(6-4-12)19-15-14(16)7-11(9-18)8-17-15/h3-8,10,18H,9H2,1-2H3. The molecule has 2 aromatic rings. The van der Waals surface area contributed by atoms with Crippen LogP contribution in [0.15, 0.2) is 36.5 Å². The molecular weight excluding hydrogens is 262 g/mol. The molecule has 0 bridgehead atoms. The van der Waals surface area contributed by atoms with Gasteiger partial charge in [-0.25, -0.2) is 4.98 Å². The summed E-state index contributed by atoms with van der Waals surface area (Å²) in [6.07, 6.45) is 1.55. The molecule has 0 saturated heterocycles. The summed E-state index contributed by atoms with van der Waals surface area (Å²) in [5, 5.41) is 9.37.